The number of fused-ring (bicyclic) bond motifs is 1. The predicted molar refractivity (Wildman–Crippen MR) is 118 cm³/mol. The van der Waals surface area contributed by atoms with Gasteiger partial charge in [-0.25, -0.2) is 0 Å². The first-order valence-corrected chi connectivity index (χ1v) is 10.3. The Morgan fingerprint density at radius 3 is 2.72 bits per heavy atom. The largest absolute Gasteiger partial charge is 0.387 e. The highest BCUT2D eigenvalue weighted by Crippen LogP contribution is 2.31. The van der Waals surface area contributed by atoms with Gasteiger partial charge in [-0.05, 0) is 54.0 Å². The highest BCUT2D eigenvalue weighted by molar-refractivity contribution is 5.99. The van der Waals surface area contributed by atoms with Crippen molar-refractivity contribution >= 4 is 23.2 Å². The van der Waals surface area contributed by atoms with Crippen LogP contribution in [0.3, 0.4) is 0 Å². The van der Waals surface area contributed by atoms with Gasteiger partial charge in [-0.15, -0.1) is 5.11 Å². The first-order valence-electron chi connectivity index (χ1n) is 10.3. The lowest BCUT2D eigenvalue weighted by Gasteiger charge is -2.23. The van der Waals surface area contributed by atoms with Gasteiger partial charge in [-0.2, -0.15) is 0 Å². The van der Waals surface area contributed by atoms with Crippen LogP contribution in [0.15, 0.2) is 52.5 Å². The van der Waals surface area contributed by atoms with Gasteiger partial charge in [0.25, 0.3) is 0 Å². The summed E-state index contributed by atoms with van der Waals surface area (Å²) in [6.07, 6.45) is 9.94. The summed E-state index contributed by atoms with van der Waals surface area (Å²) >= 11 is 0. The van der Waals surface area contributed by atoms with Gasteiger partial charge < -0.3 is 21.4 Å². The molecule has 3 rings (SSSR count). The SMILES string of the molecule is CCCN(CCC)C(=O)C1=Cc2ccc(C3=CC=CNC3)cc2NC(N=NN)C1. The number of benzene rings is 1. The molecule has 0 fully saturated rings. The minimum atomic E-state index is -0.379. The fourth-order valence-corrected chi connectivity index (χ4v) is 3.71. The molecule has 1 amide bonds. The molecule has 2 heterocycles. The molecule has 4 N–H and O–H groups in total. The summed E-state index contributed by atoms with van der Waals surface area (Å²) in [5.41, 5.74) is 4.95. The van der Waals surface area contributed by atoms with E-state index in [4.69, 9.17) is 5.84 Å². The molecule has 7 heteroatoms. The maximum absolute atomic E-state index is 13.2. The number of hydrogen-bond donors (Lipinski definition) is 3. The van der Waals surface area contributed by atoms with Crippen LogP contribution in [0.5, 0.6) is 0 Å². The number of nitrogens with zero attached hydrogens (tertiary/aromatic N) is 3. The van der Waals surface area contributed by atoms with E-state index in [2.05, 4.69) is 59.1 Å². The van der Waals surface area contributed by atoms with Crippen LogP contribution in [0.25, 0.3) is 11.6 Å². The number of rotatable bonds is 7. The van der Waals surface area contributed by atoms with E-state index in [0.717, 1.165) is 54.9 Å². The number of hydrogen-bond acceptors (Lipinski definition) is 5. The molecule has 29 heavy (non-hydrogen) atoms. The maximum Gasteiger partial charge on any atom is 0.249 e. The van der Waals surface area contributed by atoms with Crippen LogP contribution in [0, 0.1) is 0 Å². The first-order chi connectivity index (χ1) is 14.2. The summed E-state index contributed by atoms with van der Waals surface area (Å²) < 4.78 is 0. The van der Waals surface area contributed by atoms with Crippen molar-refractivity contribution in [2.24, 2.45) is 16.2 Å². The summed E-state index contributed by atoms with van der Waals surface area (Å²) in [7, 11) is 0. The van der Waals surface area contributed by atoms with Gasteiger partial charge in [0.05, 0.1) is 0 Å². The number of dihydropyridines is 1. The summed E-state index contributed by atoms with van der Waals surface area (Å²) in [6.45, 7) is 6.46. The van der Waals surface area contributed by atoms with Crippen molar-refractivity contribution in [2.75, 3.05) is 25.0 Å². The van der Waals surface area contributed by atoms with Crippen LogP contribution >= 0.6 is 0 Å². The lowest BCUT2D eigenvalue weighted by Crippen LogP contribution is -2.34. The average molecular weight is 395 g/mol. The maximum atomic E-state index is 13.2. The minimum absolute atomic E-state index is 0.0639. The van der Waals surface area contributed by atoms with E-state index >= 15 is 0 Å². The van der Waals surface area contributed by atoms with E-state index in [1.54, 1.807) is 0 Å². The summed E-state index contributed by atoms with van der Waals surface area (Å²) in [5.74, 6) is 5.40. The summed E-state index contributed by atoms with van der Waals surface area (Å²) in [6, 6.07) is 6.24. The third-order valence-corrected chi connectivity index (χ3v) is 5.05. The first kappa shape index (κ1) is 20.6. The molecule has 1 atom stereocenters. The quantitative estimate of drug-likeness (QED) is 0.373. The number of allylic oxidation sites excluding steroid dienone is 2. The predicted octanol–water partition coefficient (Wildman–Crippen LogP) is 3.69. The molecule has 0 saturated carbocycles. The van der Waals surface area contributed by atoms with Crippen LogP contribution in [0.4, 0.5) is 5.69 Å². The molecular formula is C22H30N6O. The topological polar surface area (TPSA) is 95.1 Å². The Labute approximate surface area is 172 Å². The fraction of sp³-hybridized carbons (Fsp3) is 0.409. The van der Waals surface area contributed by atoms with Gasteiger partial charge in [0.2, 0.25) is 5.91 Å². The van der Waals surface area contributed by atoms with Crippen molar-refractivity contribution < 1.29 is 4.79 Å². The standard InChI is InChI=1S/C22H30N6O/c1-3-10-28(11-4-2)22(29)19-12-17-8-7-16(18-6-5-9-24-15-18)13-20(17)25-21(14-19)26-27-23/h5-9,12-13,21,24-25H,3-4,10-11,14-15H2,1-2H3,(H2,23,26). The van der Waals surface area contributed by atoms with Gasteiger partial charge in [-0.1, -0.05) is 37.3 Å². The lowest BCUT2D eigenvalue weighted by molar-refractivity contribution is -0.127. The Hall–Kier alpha value is -3.09. The average Bonchev–Trinajstić information content (AvgIpc) is 2.92. The van der Waals surface area contributed by atoms with Gasteiger partial charge in [0, 0.05) is 37.3 Å². The molecule has 154 valence electrons. The van der Waals surface area contributed by atoms with E-state index < -0.39 is 0 Å². The van der Waals surface area contributed by atoms with E-state index in [0.29, 0.717) is 6.42 Å². The molecule has 2 aliphatic rings. The van der Waals surface area contributed by atoms with Crippen molar-refractivity contribution in [1.29, 1.82) is 0 Å². The Kier molecular flexibility index (Phi) is 7.05. The Morgan fingerprint density at radius 1 is 1.28 bits per heavy atom. The molecule has 1 aromatic carbocycles. The second-order valence-corrected chi connectivity index (χ2v) is 7.29. The fourth-order valence-electron chi connectivity index (χ4n) is 3.71. The molecule has 0 radical (unpaired) electrons. The van der Waals surface area contributed by atoms with E-state index in [-0.39, 0.29) is 12.1 Å². The molecular weight excluding hydrogens is 364 g/mol. The highest BCUT2D eigenvalue weighted by atomic mass is 16.2. The number of anilines is 1. The zero-order chi connectivity index (χ0) is 20.6. The Bertz CT molecular complexity index is 849. The zero-order valence-corrected chi connectivity index (χ0v) is 17.2. The molecule has 7 nitrogen and oxygen atoms in total. The van der Waals surface area contributed by atoms with Gasteiger partial charge in [0.1, 0.15) is 6.17 Å². The molecule has 2 aliphatic heterocycles. The molecule has 1 unspecified atom stereocenters. The van der Waals surface area contributed by atoms with Crippen LogP contribution in [0.2, 0.25) is 0 Å². The third-order valence-electron chi connectivity index (χ3n) is 5.05. The van der Waals surface area contributed by atoms with Gasteiger partial charge >= 0.3 is 0 Å². The zero-order valence-electron chi connectivity index (χ0n) is 17.2. The molecule has 0 aliphatic carbocycles. The second kappa shape index (κ2) is 9.91. The molecule has 0 spiro atoms. The Morgan fingerprint density at radius 2 is 2.07 bits per heavy atom. The number of amides is 1. The molecule has 0 aromatic heterocycles. The normalized spacial score (nSPS) is 18.2. The lowest BCUT2D eigenvalue weighted by atomic mass is 10.00. The number of carbonyl (C=O) groups is 1. The van der Waals surface area contributed by atoms with Crippen LogP contribution < -0.4 is 16.5 Å². The van der Waals surface area contributed by atoms with Gasteiger partial charge in [0.15, 0.2) is 0 Å². The van der Waals surface area contributed by atoms with Crippen LogP contribution in [0.1, 0.15) is 44.2 Å². The summed E-state index contributed by atoms with van der Waals surface area (Å²) in [5, 5.41) is 14.2. The van der Waals surface area contributed by atoms with E-state index in [1.165, 1.54) is 5.57 Å². The van der Waals surface area contributed by atoms with Crippen molar-refractivity contribution in [2.45, 2.75) is 39.3 Å². The van der Waals surface area contributed by atoms with E-state index in [9.17, 15) is 4.79 Å². The minimum Gasteiger partial charge on any atom is -0.387 e. The smallest absolute Gasteiger partial charge is 0.249 e. The number of nitrogens with one attached hydrogen (secondary N) is 2. The van der Waals surface area contributed by atoms with Crippen molar-refractivity contribution in [3.63, 3.8) is 0 Å². The highest BCUT2D eigenvalue weighted by Gasteiger charge is 2.24. The van der Waals surface area contributed by atoms with Crippen molar-refractivity contribution in [1.82, 2.24) is 10.2 Å². The van der Waals surface area contributed by atoms with Gasteiger partial charge in [-0.3, -0.25) is 4.79 Å². The summed E-state index contributed by atoms with van der Waals surface area (Å²) in [4.78, 5) is 15.1. The second-order valence-electron chi connectivity index (χ2n) is 7.29. The monoisotopic (exact) mass is 394 g/mol. The van der Waals surface area contributed by atoms with Crippen LogP contribution in [-0.4, -0.2) is 36.6 Å². The third kappa shape index (κ3) is 5.04. The van der Waals surface area contributed by atoms with E-state index in [1.807, 2.05) is 23.3 Å². The van der Waals surface area contributed by atoms with Crippen molar-refractivity contribution in [3.8, 4) is 0 Å². The van der Waals surface area contributed by atoms with Crippen LogP contribution in [-0.2, 0) is 4.79 Å². The Balaban J connectivity index is 1.96. The molecule has 0 bridgehead atoms. The molecule has 1 aromatic rings. The van der Waals surface area contributed by atoms with Crippen molar-refractivity contribution in [3.05, 3.63) is 53.3 Å². The number of nitrogens with two attached hydrogens (primary N) is 1. The number of carbonyl (C=O) groups excluding carboxylic acids is 1. The molecule has 0 saturated heterocycles.